The van der Waals surface area contributed by atoms with Gasteiger partial charge in [0.2, 0.25) is 0 Å². The Hall–Kier alpha value is -2.36. The van der Waals surface area contributed by atoms with Gasteiger partial charge in [-0.1, -0.05) is 12.8 Å². The number of halogens is 3. The molecular formula is C15H18F3N5O2. The van der Waals surface area contributed by atoms with Gasteiger partial charge in [-0.15, -0.1) is 13.2 Å². The van der Waals surface area contributed by atoms with E-state index in [1.165, 1.54) is 30.6 Å². The monoisotopic (exact) mass is 357 g/mol. The normalized spacial score (nSPS) is 15.7. The van der Waals surface area contributed by atoms with Gasteiger partial charge in [-0.25, -0.2) is 0 Å². The number of hydrogen-bond acceptors (Lipinski definition) is 4. The van der Waals surface area contributed by atoms with Gasteiger partial charge < -0.3 is 5.32 Å². The molecule has 2 aromatic heterocycles. The molecule has 0 spiro atoms. The Bertz CT molecular complexity index is 747. The highest BCUT2D eigenvalue weighted by molar-refractivity contribution is 6.02. The van der Waals surface area contributed by atoms with Gasteiger partial charge in [0.15, 0.2) is 5.82 Å². The van der Waals surface area contributed by atoms with E-state index >= 15 is 0 Å². The highest BCUT2D eigenvalue weighted by Crippen LogP contribution is 2.33. The van der Waals surface area contributed by atoms with Crippen molar-refractivity contribution < 1.29 is 22.7 Å². The summed E-state index contributed by atoms with van der Waals surface area (Å²) in [6.45, 7) is -0.751. The first-order valence-corrected chi connectivity index (χ1v) is 7.92. The van der Waals surface area contributed by atoms with Crippen LogP contribution in [0.25, 0.3) is 0 Å². The van der Waals surface area contributed by atoms with Crippen molar-refractivity contribution in [3.63, 3.8) is 0 Å². The van der Waals surface area contributed by atoms with Crippen molar-refractivity contribution >= 4 is 11.7 Å². The number of aromatic nitrogens is 4. The van der Waals surface area contributed by atoms with E-state index < -0.39 is 18.9 Å². The van der Waals surface area contributed by atoms with Gasteiger partial charge in [-0.05, 0) is 18.9 Å². The first kappa shape index (κ1) is 17.5. The molecule has 10 heteroatoms. The minimum absolute atomic E-state index is 0.0126. The first-order chi connectivity index (χ1) is 11.8. The van der Waals surface area contributed by atoms with Crippen molar-refractivity contribution in [3.05, 3.63) is 29.2 Å². The molecule has 1 amide bonds. The van der Waals surface area contributed by atoms with Crippen molar-refractivity contribution in [2.45, 2.75) is 44.6 Å². The summed E-state index contributed by atoms with van der Waals surface area (Å²) in [5.74, 6) is 0.305. The minimum Gasteiger partial charge on any atom is -0.304 e. The summed E-state index contributed by atoms with van der Waals surface area (Å²) < 4.78 is 41.2. The Morgan fingerprint density at radius 3 is 2.80 bits per heavy atom. The topological polar surface area (TPSA) is 84.8 Å². The minimum atomic E-state index is -4.74. The van der Waals surface area contributed by atoms with Crippen LogP contribution in [0.5, 0.6) is 0 Å². The highest BCUT2D eigenvalue weighted by Gasteiger charge is 2.29. The Morgan fingerprint density at radius 1 is 1.40 bits per heavy atom. The number of carbonyl (C=O) groups excluding carboxylic acids is 1. The third-order valence-electron chi connectivity index (χ3n) is 4.18. The Balaban J connectivity index is 1.64. The number of nitrogens with one attached hydrogen (secondary N) is 2. The van der Waals surface area contributed by atoms with Crippen LogP contribution in [0.4, 0.5) is 19.0 Å². The maximum Gasteiger partial charge on any atom is 0.522 e. The van der Waals surface area contributed by atoms with Crippen LogP contribution in [0.3, 0.4) is 0 Å². The molecule has 0 aliphatic heterocycles. The van der Waals surface area contributed by atoms with Crippen LogP contribution in [-0.2, 0) is 18.4 Å². The van der Waals surface area contributed by atoms with Gasteiger partial charge in [0.25, 0.3) is 5.91 Å². The van der Waals surface area contributed by atoms with Gasteiger partial charge in [-0.2, -0.15) is 10.2 Å². The third kappa shape index (κ3) is 4.38. The van der Waals surface area contributed by atoms with Crippen molar-refractivity contribution in [1.82, 2.24) is 20.0 Å². The van der Waals surface area contributed by atoms with Crippen molar-refractivity contribution in [1.29, 1.82) is 0 Å². The summed E-state index contributed by atoms with van der Waals surface area (Å²) >= 11 is 0. The van der Waals surface area contributed by atoms with Crippen LogP contribution in [0.2, 0.25) is 0 Å². The van der Waals surface area contributed by atoms with Gasteiger partial charge in [0.05, 0.1) is 5.69 Å². The number of amides is 1. The molecule has 2 N–H and O–H groups in total. The van der Waals surface area contributed by atoms with Crippen LogP contribution >= 0.6 is 0 Å². The zero-order valence-electron chi connectivity index (χ0n) is 13.6. The van der Waals surface area contributed by atoms with Gasteiger partial charge in [-0.3, -0.25) is 19.3 Å². The fourth-order valence-corrected chi connectivity index (χ4v) is 2.99. The number of nitrogens with zero attached hydrogens (tertiary/aromatic N) is 3. The van der Waals surface area contributed by atoms with Gasteiger partial charge in [0, 0.05) is 24.7 Å². The number of rotatable bonds is 5. The first-order valence-electron chi connectivity index (χ1n) is 7.92. The zero-order valence-corrected chi connectivity index (χ0v) is 13.6. The molecule has 0 unspecified atom stereocenters. The van der Waals surface area contributed by atoms with Gasteiger partial charge >= 0.3 is 6.36 Å². The second-order valence-corrected chi connectivity index (χ2v) is 6.02. The fourth-order valence-electron chi connectivity index (χ4n) is 2.99. The number of aryl methyl sites for hydroxylation is 1. The lowest BCUT2D eigenvalue weighted by Crippen LogP contribution is -2.16. The fraction of sp³-hybridized carbons (Fsp3) is 0.533. The van der Waals surface area contributed by atoms with E-state index in [0.717, 1.165) is 18.5 Å². The highest BCUT2D eigenvalue weighted by atomic mass is 19.4. The average molecular weight is 357 g/mol. The molecule has 1 aliphatic carbocycles. The standard InChI is InChI=1S/C15H18F3N5O2/c1-23-12(6-10(22-23)8-25-15(16,17)18)14(24)19-13-7-11(20-21-13)9-4-2-3-5-9/h6-7,9H,2-5,8H2,1H3,(H2,19,20,21,24). The maximum atomic E-state index is 12.3. The molecule has 1 aliphatic rings. The molecule has 25 heavy (non-hydrogen) atoms. The lowest BCUT2D eigenvalue weighted by molar-refractivity contribution is -0.330. The van der Waals surface area contributed by atoms with Crippen LogP contribution in [0.15, 0.2) is 12.1 Å². The molecule has 0 radical (unpaired) electrons. The summed E-state index contributed by atoms with van der Waals surface area (Å²) in [6.07, 6.45) is -0.183. The van der Waals surface area contributed by atoms with E-state index in [1.807, 2.05) is 0 Å². The Labute approximate surface area is 141 Å². The molecule has 0 bridgehead atoms. The van der Waals surface area contributed by atoms with Crippen LogP contribution in [-0.4, -0.2) is 32.2 Å². The molecule has 1 fully saturated rings. The van der Waals surface area contributed by atoms with Gasteiger partial charge in [0.1, 0.15) is 12.3 Å². The van der Waals surface area contributed by atoms with E-state index in [1.54, 1.807) is 6.07 Å². The molecule has 3 rings (SSSR count). The SMILES string of the molecule is Cn1nc(COC(F)(F)F)cc1C(=O)Nc1cc(C2CCCC2)[nH]n1. The molecule has 7 nitrogen and oxygen atoms in total. The summed E-state index contributed by atoms with van der Waals surface area (Å²) in [7, 11) is 1.47. The van der Waals surface area contributed by atoms with E-state index in [4.69, 9.17) is 0 Å². The number of ether oxygens (including phenoxy) is 1. The predicted octanol–water partition coefficient (Wildman–Crippen LogP) is 3.09. The molecular weight excluding hydrogens is 339 g/mol. The summed E-state index contributed by atoms with van der Waals surface area (Å²) in [4.78, 5) is 12.3. The Morgan fingerprint density at radius 2 is 2.12 bits per heavy atom. The van der Waals surface area contributed by atoms with Crippen LogP contribution in [0.1, 0.15) is 53.5 Å². The van der Waals surface area contributed by atoms with Crippen molar-refractivity contribution in [2.75, 3.05) is 5.32 Å². The quantitative estimate of drug-likeness (QED) is 0.861. The van der Waals surface area contributed by atoms with E-state index in [2.05, 4.69) is 25.3 Å². The number of carbonyl (C=O) groups is 1. The molecule has 2 heterocycles. The second-order valence-electron chi connectivity index (χ2n) is 6.02. The predicted molar refractivity (Wildman–Crippen MR) is 81.8 cm³/mol. The van der Waals surface area contributed by atoms with Crippen molar-refractivity contribution in [3.8, 4) is 0 Å². The number of hydrogen-bond donors (Lipinski definition) is 2. The maximum absolute atomic E-state index is 12.3. The number of aromatic amines is 1. The zero-order chi connectivity index (χ0) is 18.0. The largest absolute Gasteiger partial charge is 0.522 e. The van der Waals surface area contributed by atoms with E-state index in [-0.39, 0.29) is 11.4 Å². The molecule has 136 valence electrons. The molecule has 0 aromatic carbocycles. The smallest absolute Gasteiger partial charge is 0.304 e. The third-order valence-corrected chi connectivity index (χ3v) is 4.18. The second kappa shape index (κ2) is 6.87. The average Bonchev–Trinajstić information content (AvgIpc) is 3.23. The van der Waals surface area contributed by atoms with E-state index in [9.17, 15) is 18.0 Å². The van der Waals surface area contributed by atoms with E-state index in [0.29, 0.717) is 11.7 Å². The summed E-state index contributed by atoms with van der Waals surface area (Å²) in [5, 5.41) is 13.5. The molecule has 1 saturated carbocycles. The molecule has 0 saturated heterocycles. The van der Waals surface area contributed by atoms with Crippen LogP contribution < -0.4 is 5.32 Å². The molecule has 0 atom stereocenters. The lowest BCUT2D eigenvalue weighted by Gasteiger charge is -2.04. The van der Waals surface area contributed by atoms with Crippen molar-refractivity contribution in [2.24, 2.45) is 7.05 Å². The molecule has 2 aromatic rings. The van der Waals surface area contributed by atoms with Crippen LogP contribution in [0, 0.1) is 0 Å². The number of anilines is 1. The summed E-state index contributed by atoms with van der Waals surface area (Å²) in [6, 6.07) is 3.05. The lowest BCUT2D eigenvalue weighted by atomic mass is 10.0. The Kier molecular flexibility index (Phi) is 4.80. The number of H-pyrrole nitrogens is 1. The summed E-state index contributed by atoms with van der Waals surface area (Å²) in [5.41, 5.74) is 1.11. The number of alkyl halides is 3.